The summed E-state index contributed by atoms with van der Waals surface area (Å²) in [7, 11) is 0. The molecule has 0 bridgehead atoms. The van der Waals surface area contributed by atoms with E-state index in [1.165, 1.54) is 41.3 Å². The Morgan fingerprint density at radius 3 is 3.08 bits per heavy atom. The van der Waals surface area contributed by atoms with Gasteiger partial charge in [0.05, 0.1) is 12.0 Å². The Labute approximate surface area is 144 Å². The van der Waals surface area contributed by atoms with E-state index in [0.29, 0.717) is 23.3 Å². The first-order valence-electron chi connectivity index (χ1n) is 8.06. The maximum Gasteiger partial charge on any atom is 0.230 e. The number of nitrogens with two attached hydrogens (primary N) is 1. The summed E-state index contributed by atoms with van der Waals surface area (Å²) < 4.78 is 6.59. The average Bonchev–Trinajstić information content (AvgIpc) is 3.24. The average molecular weight is 347 g/mol. The van der Waals surface area contributed by atoms with E-state index in [-0.39, 0.29) is 11.7 Å². The molecule has 0 fully saturated rings. The Balaban J connectivity index is 1.44. The van der Waals surface area contributed by atoms with Gasteiger partial charge in [-0.3, -0.25) is 4.79 Å². The van der Waals surface area contributed by atoms with Crippen LogP contribution in [0.2, 0.25) is 0 Å². The Hall–Kier alpha value is -2.22. The lowest BCUT2D eigenvalue weighted by atomic mass is 9.97. The van der Waals surface area contributed by atoms with Gasteiger partial charge in [0.25, 0.3) is 0 Å². The van der Waals surface area contributed by atoms with Crippen LogP contribution in [0.3, 0.4) is 0 Å². The van der Waals surface area contributed by atoms with Crippen LogP contribution in [0.25, 0.3) is 11.6 Å². The molecule has 24 heavy (non-hydrogen) atoms. The third kappa shape index (κ3) is 4.19. The molecule has 1 amide bonds. The standard InChI is InChI=1S/C16H21N5O2S/c17-21-15(13-7-4-10-23-13)19-20-16(21)24-11-14(22)18-9-8-12-5-2-1-3-6-12/h4-5,7,10H,1-3,6,8-9,11,17H2,(H,18,22). The van der Waals surface area contributed by atoms with Crippen molar-refractivity contribution < 1.29 is 9.21 Å². The van der Waals surface area contributed by atoms with E-state index in [2.05, 4.69) is 21.6 Å². The van der Waals surface area contributed by atoms with Crippen molar-refractivity contribution in [1.82, 2.24) is 20.2 Å². The number of amides is 1. The molecule has 7 nitrogen and oxygen atoms in total. The van der Waals surface area contributed by atoms with E-state index >= 15 is 0 Å². The van der Waals surface area contributed by atoms with E-state index in [4.69, 9.17) is 10.3 Å². The zero-order valence-electron chi connectivity index (χ0n) is 13.4. The summed E-state index contributed by atoms with van der Waals surface area (Å²) >= 11 is 1.26. The largest absolute Gasteiger partial charge is 0.461 e. The molecule has 1 aliphatic rings. The van der Waals surface area contributed by atoms with Crippen LogP contribution in [0.1, 0.15) is 32.1 Å². The Bertz CT molecular complexity index is 708. The number of hydrogen-bond donors (Lipinski definition) is 2. The maximum absolute atomic E-state index is 11.9. The second-order valence-electron chi connectivity index (χ2n) is 5.65. The summed E-state index contributed by atoms with van der Waals surface area (Å²) in [4.78, 5) is 11.9. The van der Waals surface area contributed by atoms with Crippen molar-refractivity contribution in [2.75, 3.05) is 18.1 Å². The number of furan rings is 1. The molecule has 0 unspecified atom stereocenters. The monoisotopic (exact) mass is 347 g/mol. The number of thioether (sulfide) groups is 1. The number of rotatable bonds is 7. The summed E-state index contributed by atoms with van der Waals surface area (Å²) in [6.07, 6.45) is 9.67. The highest BCUT2D eigenvalue weighted by Gasteiger charge is 2.15. The lowest BCUT2D eigenvalue weighted by Crippen LogP contribution is -2.26. The van der Waals surface area contributed by atoms with Gasteiger partial charge in [-0.05, 0) is 44.2 Å². The van der Waals surface area contributed by atoms with Crippen molar-refractivity contribution in [3.8, 4) is 11.6 Å². The van der Waals surface area contributed by atoms with Gasteiger partial charge in [0.2, 0.25) is 16.9 Å². The van der Waals surface area contributed by atoms with Crippen LogP contribution in [0, 0.1) is 0 Å². The minimum atomic E-state index is -0.0287. The molecule has 8 heteroatoms. The van der Waals surface area contributed by atoms with Gasteiger partial charge in [-0.1, -0.05) is 23.4 Å². The number of nitrogen functional groups attached to an aromatic ring is 1. The second-order valence-corrected chi connectivity index (χ2v) is 6.59. The molecule has 0 saturated heterocycles. The summed E-state index contributed by atoms with van der Waals surface area (Å²) in [5.41, 5.74) is 1.46. The summed E-state index contributed by atoms with van der Waals surface area (Å²) in [5, 5.41) is 11.4. The molecule has 2 aromatic rings. The van der Waals surface area contributed by atoms with Crippen molar-refractivity contribution in [3.63, 3.8) is 0 Å². The number of carbonyl (C=O) groups is 1. The number of carbonyl (C=O) groups excluding carboxylic acids is 1. The first-order chi connectivity index (χ1) is 11.7. The molecule has 3 N–H and O–H groups in total. The first-order valence-corrected chi connectivity index (χ1v) is 9.04. The molecule has 1 aliphatic carbocycles. The van der Waals surface area contributed by atoms with Crippen molar-refractivity contribution >= 4 is 17.7 Å². The van der Waals surface area contributed by atoms with Crippen molar-refractivity contribution in [2.45, 2.75) is 37.3 Å². The molecule has 0 saturated carbocycles. The van der Waals surface area contributed by atoms with Crippen LogP contribution in [0.5, 0.6) is 0 Å². The third-order valence-electron chi connectivity index (χ3n) is 3.89. The fraction of sp³-hybridized carbons (Fsp3) is 0.438. The quantitative estimate of drug-likeness (QED) is 0.453. The van der Waals surface area contributed by atoms with Gasteiger partial charge in [-0.2, -0.15) is 0 Å². The molecule has 0 atom stereocenters. The zero-order valence-corrected chi connectivity index (χ0v) is 14.2. The van der Waals surface area contributed by atoms with E-state index in [1.54, 1.807) is 18.4 Å². The highest BCUT2D eigenvalue weighted by Crippen LogP contribution is 2.22. The van der Waals surface area contributed by atoms with Gasteiger partial charge in [0.15, 0.2) is 5.76 Å². The van der Waals surface area contributed by atoms with Crippen LogP contribution in [-0.4, -0.2) is 33.1 Å². The van der Waals surface area contributed by atoms with Gasteiger partial charge in [0, 0.05) is 6.54 Å². The predicted octanol–water partition coefficient (Wildman–Crippen LogP) is 2.35. The molecule has 0 spiro atoms. The number of allylic oxidation sites excluding steroid dienone is 1. The summed E-state index contributed by atoms with van der Waals surface area (Å²) in [6, 6.07) is 3.51. The van der Waals surface area contributed by atoms with E-state index in [0.717, 1.165) is 12.8 Å². The van der Waals surface area contributed by atoms with Crippen LogP contribution < -0.4 is 11.2 Å². The van der Waals surface area contributed by atoms with Gasteiger partial charge in [-0.25, -0.2) is 4.68 Å². The van der Waals surface area contributed by atoms with Crippen LogP contribution in [0.15, 0.2) is 39.6 Å². The van der Waals surface area contributed by atoms with E-state index < -0.39 is 0 Å². The van der Waals surface area contributed by atoms with Gasteiger partial charge >= 0.3 is 0 Å². The van der Waals surface area contributed by atoms with Crippen LogP contribution in [0.4, 0.5) is 0 Å². The van der Waals surface area contributed by atoms with E-state index in [1.807, 2.05) is 0 Å². The predicted molar refractivity (Wildman–Crippen MR) is 92.8 cm³/mol. The second kappa shape index (κ2) is 8.05. The van der Waals surface area contributed by atoms with E-state index in [9.17, 15) is 4.79 Å². The molecule has 2 aromatic heterocycles. The minimum Gasteiger partial charge on any atom is -0.461 e. The van der Waals surface area contributed by atoms with Crippen molar-refractivity contribution in [2.24, 2.45) is 0 Å². The van der Waals surface area contributed by atoms with Gasteiger partial charge in [-0.15, -0.1) is 10.2 Å². The maximum atomic E-state index is 11.9. The highest BCUT2D eigenvalue weighted by molar-refractivity contribution is 7.99. The Kier molecular flexibility index (Phi) is 5.58. The number of nitrogens with zero attached hydrogens (tertiary/aromatic N) is 3. The fourth-order valence-electron chi connectivity index (χ4n) is 2.62. The topological polar surface area (TPSA) is 99.0 Å². The Morgan fingerprint density at radius 1 is 1.42 bits per heavy atom. The number of aromatic nitrogens is 3. The lowest BCUT2D eigenvalue weighted by Gasteiger charge is -2.12. The van der Waals surface area contributed by atoms with Gasteiger partial charge in [0.1, 0.15) is 0 Å². The molecule has 2 heterocycles. The smallest absolute Gasteiger partial charge is 0.230 e. The molecule has 0 aliphatic heterocycles. The zero-order chi connectivity index (χ0) is 16.8. The normalized spacial score (nSPS) is 14.4. The third-order valence-corrected chi connectivity index (χ3v) is 4.83. The summed E-state index contributed by atoms with van der Waals surface area (Å²) in [6.45, 7) is 0.679. The first kappa shape index (κ1) is 16.6. The van der Waals surface area contributed by atoms with Crippen LogP contribution in [-0.2, 0) is 4.79 Å². The number of nitrogens with one attached hydrogen (secondary N) is 1. The SMILES string of the molecule is Nn1c(SCC(=O)NCCC2=CCCCC2)nnc1-c1ccco1. The lowest BCUT2D eigenvalue weighted by molar-refractivity contribution is -0.118. The van der Waals surface area contributed by atoms with Crippen molar-refractivity contribution in [3.05, 3.63) is 30.0 Å². The van der Waals surface area contributed by atoms with Gasteiger partial charge < -0.3 is 15.6 Å². The number of hydrogen-bond acceptors (Lipinski definition) is 6. The minimum absolute atomic E-state index is 0.0287. The molecular weight excluding hydrogens is 326 g/mol. The highest BCUT2D eigenvalue weighted by atomic mass is 32.2. The molecular formula is C16H21N5O2S. The van der Waals surface area contributed by atoms with Crippen LogP contribution >= 0.6 is 11.8 Å². The molecule has 128 valence electrons. The molecule has 0 radical (unpaired) electrons. The van der Waals surface area contributed by atoms with Crippen molar-refractivity contribution in [1.29, 1.82) is 0 Å². The fourth-order valence-corrected chi connectivity index (χ4v) is 3.31. The molecule has 0 aromatic carbocycles. The molecule has 3 rings (SSSR count). The Morgan fingerprint density at radius 2 is 2.33 bits per heavy atom. The summed E-state index contributed by atoms with van der Waals surface area (Å²) in [5.74, 6) is 7.16.